The van der Waals surface area contributed by atoms with Crippen LogP contribution in [-0.2, 0) is 36.8 Å². The lowest BCUT2D eigenvalue weighted by Crippen LogP contribution is -2.33. The molecule has 1 saturated heterocycles. The van der Waals surface area contributed by atoms with Crippen molar-refractivity contribution < 1.29 is 46.5 Å². The summed E-state index contributed by atoms with van der Waals surface area (Å²) in [6.45, 7) is 1.49. The number of nitrogens with one attached hydrogen (secondary N) is 2. The molecule has 5 atom stereocenters. The smallest absolute Gasteiger partial charge is 0.353 e. The molecule has 1 aliphatic heterocycles. The number of aromatic nitrogens is 2. The normalized spacial score (nSPS) is 24.5. The number of likely N-dealkylation sites (N-methyl/N-ethyl adjacent to an activating group) is 1. The minimum Gasteiger partial charge on any atom is -0.353 e. The molecule has 0 aromatic carbocycles. The number of H-pyrrole nitrogens is 1. The van der Waals surface area contributed by atoms with Gasteiger partial charge in [0.05, 0.1) is 12.2 Å². The molecule has 0 saturated carbocycles. The van der Waals surface area contributed by atoms with Gasteiger partial charge in [-0.25, -0.2) is 13.9 Å². The number of aromatic amines is 1. The van der Waals surface area contributed by atoms with Gasteiger partial charge < -0.3 is 19.8 Å². The minimum atomic E-state index is -4.51. The summed E-state index contributed by atoms with van der Waals surface area (Å²) in [7, 11) is -7.04. The van der Waals surface area contributed by atoms with Crippen molar-refractivity contribution in [2.75, 3.05) is 27.4 Å². The number of ether oxygens (including phenoxy) is 1. The number of carbonyl (C=O) groups is 1. The predicted octanol–water partition coefficient (Wildman–Crippen LogP) is -0.131. The van der Waals surface area contributed by atoms with Crippen LogP contribution in [-0.4, -0.2) is 64.8 Å². The van der Waals surface area contributed by atoms with E-state index in [9.17, 15) is 33.3 Å². The van der Waals surface area contributed by atoms with Crippen molar-refractivity contribution >= 4 is 27.6 Å². The summed E-state index contributed by atoms with van der Waals surface area (Å²) in [6.07, 6.45) is -0.326. The molecule has 1 aromatic rings. The Morgan fingerprint density at radius 3 is 2.58 bits per heavy atom. The number of amides is 1. The molecule has 1 aliphatic rings. The summed E-state index contributed by atoms with van der Waals surface area (Å²) in [5.74, 6) is -0.456. The summed E-state index contributed by atoms with van der Waals surface area (Å²) < 4.78 is 48.6. The fourth-order valence-corrected chi connectivity index (χ4v) is 3.89. The van der Waals surface area contributed by atoms with Crippen LogP contribution in [0.3, 0.4) is 0 Å². The fourth-order valence-electron chi connectivity index (χ4n) is 2.80. The lowest BCUT2D eigenvalue weighted by Gasteiger charge is -2.21. The quantitative estimate of drug-likeness (QED) is 0.226. The number of phosphoric ester groups is 2. The first-order valence-electron chi connectivity index (χ1n) is 9.48. The van der Waals surface area contributed by atoms with Gasteiger partial charge in [0, 0.05) is 39.5 Å². The molecular weight excluding hydrogens is 488 g/mol. The van der Waals surface area contributed by atoms with E-state index in [4.69, 9.17) is 13.8 Å². The van der Waals surface area contributed by atoms with Crippen LogP contribution in [0.2, 0.25) is 0 Å². The maximum Gasteiger partial charge on any atom is 0.472 e. The zero-order chi connectivity index (χ0) is 24.8. The Morgan fingerprint density at radius 2 is 1.97 bits per heavy atom. The first kappa shape index (κ1) is 27.3. The maximum atomic E-state index is 12.4. The molecule has 15 nitrogen and oxygen atoms in total. The molecule has 1 fully saturated rings. The third-order valence-corrected chi connectivity index (χ3v) is 6.32. The van der Waals surface area contributed by atoms with Crippen molar-refractivity contribution in [2.24, 2.45) is 0 Å². The van der Waals surface area contributed by atoms with Gasteiger partial charge in [0.25, 0.3) is 5.56 Å². The molecule has 0 bridgehead atoms. The van der Waals surface area contributed by atoms with Crippen LogP contribution in [0.1, 0.15) is 25.1 Å². The first-order chi connectivity index (χ1) is 15.4. The van der Waals surface area contributed by atoms with E-state index >= 15 is 0 Å². The van der Waals surface area contributed by atoms with Crippen LogP contribution in [0.5, 0.6) is 0 Å². The lowest BCUT2D eigenvalue weighted by molar-refractivity contribution is -0.116. The second-order valence-corrected chi connectivity index (χ2v) is 9.66. The summed E-state index contributed by atoms with van der Waals surface area (Å²) in [5.41, 5.74) is -1.68. The van der Waals surface area contributed by atoms with Crippen LogP contribution in [0, 0.1) is 0 Å². The van der Waals surface area contributed by atoms with Gasteiger partial charge in [0.15, 0.2) is 0 Å². The van der Waals surface area contributed by atoms with Crippen LogP contribution < -0.4 is 16.6 Å². The highest BCUT2D eigenvalue weighted by atomic mass is 31.2. The Hall–Kier alpha value is -1.93. The number of hydrogen-bond donors (Lipinski definition) is 4. The van der Waals surface area contributed by atoms with E-state index < -0.39 is 57.8 Å². The molecule has 2 heterocycles. The molecule has 17 heteroatoms. The molecule has 0 radical (unpaired) electrons. The number of hydrogen-bond acceptors (Lipinski definition) is 10. The molecule has 33 heavy (non-hydrogen) atoms. The van der Waals surface area contributed by atoms with Gasteiger partial charge in [-0.05, 0) is 13.0 Å². The van der Waals surface area contributed by atoms with E-state index in [-0.39, 0.29) is 12.0 Å². The standard InChI is InChI=1S/C16H25N3O12P2/c1-4-17-13(20)6-5-10-8-19(16(22)18-15(10)21)14-7-11(31-33(25,26)28-3)12(30-14)9-29-32(23,24)27-2/h5-6,8,11-12,14H,4,7,9H2,1-3H3,(H,17,20)(H,23,24)(H,25,26)(H,18,21,22)/b6-5+. The highest BCUT2D eigenvalue weighted by molar-refractivity contribution is 7.47. The van der Waals surface area contributed by atoms with Crippen molar-refractivity contribution in [3.8, 4) is 0 Å². The van der Waals surface area contributed by atoms with Gasteiger partial charge in [0.2, 0.25) is 5.91 Å². The Bertz CT molecular complexity index is 1080. The number of rotatable bonds is 11. The molecule has 2 rings (SSSR count). The number of nitrogens with zero attached hydrogens (tertiary/aromatic N) is 1. The average molecular weight is 513 g/mol. The predicted molar refractivity (Wildman–Crippen MR) is 112 cm³/mol. The Balaban J connectivity index is 2.33. The fraction of sp³-hybridized carbons (Fsp3) is 0.562. The second kappa shape index (κ2) is 11.5. The maximum absolute atomic E-state index is 12.4. The molecule has 1 aromatic heterocycles. The molecular formula is C16H25N3O12P2. The monoisotopic (exact) mass is 513 g/mol. The lowest BCUT2D eigenvalue weighted by atomic mass is 10.2. The van der Waals surface area contributed by atoms with Crippen molar-refractivity contribution in [3.05, 3.63) is 38.7 Å². The van der Waals surface area contributed by atoms with Crippen molar-refractivity contribution in [2.45, 2.75) is 31.8 Å². The van der Waals surface area contributed by atoms with Crippen LogP contribution in [0.25, 0.3) is 6.08 Å². The minimum absolute atomic E-state index is 0.0504. The topological polar surface area (TPSA) is 205 Å². The molecule has 1 amide bonds. The zero-order valence-corrected chi connectivity index (χ0v) is 19.7. The van der Waals surface area contributed by atoms with Gasteiger partial charge in [-0.15, -0.1) is 0 Å². The van der Waals surface area contributed by atoms with E-state index in [1.165, 1.54) is 6.08 Å². The van der Waals surface area contributed by atoms with Gasteiger partial charge in [-0.3, -0.25) is 37.2 Å². The summed E-state index contributed by atoms with van der Waals surface area (Å²) >= 11 is 0. The summed E-state index contributed by atoms with van der Waals surface area (Å²) in [5, 5.41) is 2.51. The van der Waals surface area contributed by atoms with E-state index in [1.807, 2.05) is 0 Å². The van der Waals surface area contributed by atoms with Crippen molar-refractivity contribution in [1.82, 2.24) is 14.9 Å². The SMILES string of the molecule is CCNC(=O)/C=C/c1cn(C2CC(OP(=O)(O)OC)C(COP(=O)(O)OC)O2)c(=O)[nH]c1=O. The van der Waals surface area contributed by atoms with E-state index in [2.05, 4.69) is 19.3 Å². The second-order valence-electron chi connectivity index (χ2n) is 6.59. The summed E-state index contributed by atoms with van der Waals surface area (Å²) in [4.78, 5) is 57.2. The highest BCUT2D eigenvalue weighted by Gasteiger charge is 2.43. The van der Waals surface area contributed by atoms with Gasteiger partial charge in [-0.1, -0.05) is 0 Å². The highest BCUT2D eigenvalue weighted by Crippen LogP contribution is 2.48. The Morgan fingerprint density at radius 1 is 1.30 bits per heavy atom. The zero-order valence-electron chi connectivity index (χ0n) is 17.9. The third kappa shape index (κ3) is 7.81. The largest absolute Gasteiger partial charge is 0.472 e. The van der Waals surface area contributed by atoms with Crippen molar-refractivity contribution in [3.63, 3.8) is 0 Å². The van der Waals surface area contributed by atoms with Gasteiger partial charge in [0.1, 0.15) is 18.4 Å². The molecule has 5 unspecified atom stereocenters. The average Bonchev–Trinajstić information content (AvgIpc) is 3.13. The summed E-state index contributed by atoms with van der Waals surface area (Å²) in [6, 6.07) is 0. The van der Waals surface area contributed by atoms with E-state index in [1.54, 1.807) is 6.92 Å². The number of phosphoric acid groups is 2. The van der Waals surface area contributed by atoms with Crippen LogP contribution in [0.4, 0.5) is 0 Å². The Labute approximate surface area is 187 Å². The van der Waals surface area contributed by atoms with Crippen molar-refractivity contribution in [1.29, 1.82) is 0 Å². The first-order valence-corrected chi connectivity index (χ1v) is 12.5. The van der Waals surface area contributed by atoms with Gasteiger partial charge >= 0.3 is 21.3 Å². The molecule has 0 aliphatic carbocycles. The third-order valence-electron chi connectivity index (χ3n) is 4.38. The number of carbonyl (C=O) groups excluding carboxylic acids is 1. The van der Waals surface area contributed by atoms with E-state index in [0.717, 1.165) is 31.1 Å². The van der Waals surface area contributed by atoms with Gasteiger partial charge in [-0.2, -0.15) is 0 Å². The Kier molecular flexibility index (Phi) is 9.49. The molecule has 4 N–H and O–H groups in total. The van der Waals surface area contributed by atoms with Crippen LogP contribution in [0.15, 0.2) is 21.9 Å². The molecule has 186 valence electrons. The van der Waals surface area contributed by atoms with Crippen LogP contribution >= 0.6 is 15.6 Å². The van der Waals surface area contributed by atoms with E-state index in [0.29, 0.717) is 6.54 Å². The molecule has 0 spiro atoms.